The first kappa shape index (κ1) is 49.8. The highest BCUT2D eigenvalue weighted by atomic mass is 16.8. The number of aliphatic carboxylic acids is 1. The molecule has 0 radical (unpaired) electrons. The van der Waals surface area contributed by atoms with E-state index in [1.54, 1.807) is 0 Å². The van der Waals surface area contributed by atoms with Crippen LogP contribution in [0.3, 0.4) is 0 Å². The predicted octanol–water partition coefficient (Wildman–Crippen LogP) is -10.1. The zero-order valence-corrected chi connectivity index (χ0v) is 32.4. The van der Waals surface area contributed by atoms with Gasteiger partial charge in [-0.25, -0.2) is 4.79 Å². The Morgan fingerprint density at radius 1 is 0.650 bits per heavy atom. The molecule has 0 bridgehead atoms. The lowest BCUT2D eigenvalue weighted by Crippen LogP contribution is -2.72. The molecule has 0 saturated carbocycles. The minimum Gasteiger partial charge on any atom is -0.477 e. The third-order valence-corrected chi connectivity index (χ3v) is 10.4. The van der Waals surface area contributed by atoms with E-state index >= 15 is 0 Å². The van der Waals surface area contributed by atoms with Crippen LogP contribution in [0.5, 0.6) is 0 Å². The lowest BCUT2D eigenvalue weighted by Gasteiger charge is -2.52. The van der Waals surface area contributed by atoms with E-state index in [4.69, 9.17) is 33.2 Å². The second-order valence-corrected chi connectivity index (χ2v) is 14.8. The van der Waals surface area contributed by atoms with Gasteiger partial charge in [0.15, 0.2) is 18.9 Å². The number of aliphatic hydroxyl groups excluding tert-OH is 12. The van der Waals surface area contributed by atoms with E-state index in [0.29, 0.717) is 0 Å². The van der Waals surface area contributed by atoms with Gasteiger partial charge in [0.2, 0.25) is 17.7 Å². The lowest BCUT2D eigenvalue weighted by molar-refractivity contribution is -0.397. The Labute approximate surface area is 340 Å². The van der Waals surface area contributed by atoms with Crippen molar-refractivity contribution >= 4 is 23.7 Å². The van der Waals surface area contributed by atoms with E-state index < -0.39 is 185 Å². The molecule has 60 heavy (non-hydrogen) atoms. The van der Waals surface area contributed by atoms with Crippen molar-refractivity contribution < 1.29 is 119 Å². The molecule has 16 N–H and O–H groups in total. The van der Waals surface area contributed by atoms with Crippen LogP contribution in [0.4, 0.5) is 0 Å². The van der Waals surface area contributed by atoms with E-state index in [-0.39, 0.29) is 0 Å². The molecule has 0 aromatic heterocycles. The Balaban J connectivity index is 1.85. The fourth-order valence-corrected chi connectivity index (χ4v) is 7.45. The Kier molecular flexibility index (Phi) is 17.4. The second-order valence-electron chi connectivity index (χ2n) is 14.8. The van der Waals surface area contributed by atoms with Gasteiger partial charge in [-0.15, -0.1) is 0 Å². The molecule has 346 valence electrons. The summed E-state index contributed by atoms with van der Waals surface area (Å²) < 4.78 is 40.2. The van der Waals surface area contributed by atoms with Crippen LogP contribution in [0.15, 0.2) is 0 Å². The van der Waals surface area contributed by atoms with Crippen LogP contribution in [0.1, 0.15) is 27.2 Å². The van der Waals surface area contributed by atoms with Crippen molar-refractivity contribution in [3.8, 4) is 0 Å². The fourth-order valence-electron chi connectivity index (χ4n) is 7.45. The largest absolute Gasteiger partial charge is 0.477 e. The standard InChI is InChI=1S/C33H55N3O24/c1-9(41)34-17-12(44)4-33(32(52)53,59-27(17)20(46)13(45)5-37)60-28-24(50)31(58-26-19(36-11(3)43)29(51)54-15(7-39)22(26)48)56-16(8-40)25(28)57-30-18(35-10(2)42)23(49)21(47)14(6-38)55-30/h12-31,37-40,44-51H,4-8H2,1-3H3,(H,34,41)(H,35,42)(H,36,43)(H,52,53)/t12-,13+,14+,15+,16+,17+,18+,19+,20+,21-,22-,23+,24+,25-,26+,27+,28+,29-,30+,31-,33-/m0/s1. The number of nitrogens with one attached hydrogen (secondary N) is 3. The summed E-state index contributed by atoms with van der Waals surface area (Å²) in [6.07, 6.45) is -35.0. The molecule has 4 aliphatic heterocycles. The van der Waals surface area contributed by atoms with Gasteiger partial charge < -0.3 is 115 Å². The third-order valence-electron chi connectivity index (χ3n) is 10.4. The maximum absolute atomic E-state index is 13.2. The minimum atomic E-state index is -3.24. The van der Waals surface area contributed by atoms with Crippen molar-refractivity contribution in [1.82, 2.24) is 16.0 Å². The molecule has 27 heteroatoms. The summed E-state index contributed by atoms with van der Waals surface area (Å²) in [4.78, 5) is 49.6. The number of rotatable bonds is 16. The average molecular weight is 878 g/mol. The number of carbonyl (C=O) groups excluding carboxylic acids is 3. The molecular formula is C33H55N3O24. The Morgan fingerprint density at radius 3 is 1.70 bits per heavy atom. The molecule has 27 nitrogen and oxygen atoms in total. The maximum atomic E-state index is 13.2. The third kappa shape index (κ3) is 10.8. The van der Waals surface area contributed by atoms with E-state index in [2.05, 4.69) is 16.0 Å². The first-order chi connectivity index (χ1) is 28.1. The van der Waals surface area contributed by atoms with Crippen molar-refractivity contribution in [2.24, 2.45) is 0 Å². The highest BCUT2D eigenvalue weighted by Gasteiger charge is 2.61. The predicted molar refractivity (Wildman–Crippen MR) is 186 cm³/mol. The van der Waals surface area contributed by atoms with Crippen molar-refractivity contribution in [2.75, 3.05) is 26.4 Å². The van der Waals surface area contributed by atoms with Crippen molar-refractivity contribution in [2.45, 2.75) is 155 Å². The van der Waals surface area contributed by atoms with Gasteiger partial charge in [-0.2, -0.15) is 0 Å². The van der Waals surface area contributed by atoms with Crippen molar-refractivity contribution in [3.63, 3.8) is 0 Å². The van der Waals surface area contributed by atoms with Gasteiger partial charge in [-0.3, -0.25) is 14.4 Å². The normalized spacial score (nSPS) is 43.3. The number of hydrogen-bond donors (Lipinski definition) is 16. The molecular weight excluding hydrogens is 822 g/mol. The minimum absolute atomic E-state index is 0.786. The number of carboxylic acids is 1. The highest BCUT2D eigenvalue weighted by Crippen LogP contribution is 2.40. The summed E-state index contributed by atoms with van der Waals surface area (Å²) in [6, 6.07) is -5.02. The lowest BCUT2D eigenvalue weighted by atomic mass is 9.88. The Bertz CT molecular complexity index is 1470. The quantitative estimate of drug-likeness (QED) is 0.0684. The van der Waals surface area contributed by atoms with Crippen LogP contribution < -0.4 is 16.0 Å². The first-order valence-electron chi connectivity index (χ1n) is 18.7. The summed E-state index contributed by atoms with van der Waals surface area (Å²) in [5, 5.41) is 145. The van der Waals surface area contributed by atoms with Gasteiger partial charge in [-0.05, 0) is 0 Å². The fraction of sp³-hybridized carbons (Fsp3) is 0.879. The van der Waals surface area contributed by atoms with Gasteiger partial charge in [0.05, 0.1) is 38.6 Å². The van der Waals surface area contributed by atoms with Gasteiger partial charge in [0.1, 0.15) is 91.4 Å². The van der Waals surface area contributed by atoms with Crippen molar-refractivity contribution in [1.29, 1.82) is 0 Å². The van der Waals surface area contributed by atoms with Crippen molar-refractivity contribution in [3.05, 3.63) is 0 Å². The smallest absolute Gasteiger partial charge is 0.364 e. The van der Waals surface area contributed by atoms with Crippen LogP contribution in [-0.2, 0) is 52.3 Å². The van der Waals surface area contributed by atoms with Crippen LogP contribution in [0, 0.1) is 0 Å². The molecule has 4 aliphatic rings. The number of amides is 3. The van der Waals surface area contributed by atoms with E-state index in [9.17, 15) is 85.6 Å². The van der Waals surface area contributed by atoms with E-state index in [0.717, 1.165) is 20.8 Å². The summed E-state index contributed by atoms with van der Waals surface area (Å²) in [5.41, 5.74) is 0. The molecule has 4 rings (SSSR count). The Morgan fingerprint density at radius 2 is 1.17 bits per heavy atom. The van der Waals surface area contributed by atoms with Gasteiger partial charge in [0.25, 0.3) is 5.79 Å². The first-order valence-corrected chi connectivity index (χ1v) is 18.7. The molecule has 0 aromatic carbocycles. The molecule has 0 aliphatic carbocycles. The molecule has 0 aromatic rings. The monoisotopic (exact) mass is 877 g/mol. The molecule has 4 heterocycles. The summed E-state index contributed by atoms with van der Waals surface area (Å²) in [5.74, 6) is -7.75. The number of ether oxygens (including phenoxy) is 7. The van der Waals surface area contributed by atoms with Crippen LogP contribution in [-0.4, -0.2) is 245 Å². The molecule has 4 saturated heterocycles. The van der Waals surface area contributed by atoms with Gasteiger partial charge >= 0.3 is 5.97 Å². The highest BCUT2D eigenvalue weighted by molar-refractivity contribution is 5.77. The van der Waals surface area contributed by atoms with E-state index in [1.807, 2.05) is 0 Å². The molecule has 4 fully saturated rings. The zero-order valence-electron chi connectivity index (χ0n) is 32.4. The zero-order chi connectivity index (χ0) is 45.0. The molecule has 0 spiro atoms. The Hall–Kier alpha value is -2.88. The number of hydrogen-bond acceptors (Lipinski definition) is 23. The van der Waals surface area contributed by atoms with Gasteiger partial charge in [-0.1, -0.05) is 0 Å². The SMILES string of the molecule is CC(=O)N[C@@H]1[C@@H](O[C@@H]2O[C@H](CO)[C@H](O[C@H]3O[C@H](CO)[C@H](O)[C@H](O)[C@H]3NC(C)=O)[C@H](O[C@]3(C(=O)O)C[C@H](O)[C@@H](NC(C)=O)[C@H]([C@H](O)[C@H](O)CO)O3)[C@H]2O)[C@@H](O)[C@@H](CO)O[C@@H]1O. The number of carboxylic acid groups (broad SMARTS) is 1. The molecule has 21 atom stereocenters. The molecule has 0 unspecified atom stereocenters. The maximum Gasteiger partial charge on any atom is 0.364 e. The number of carbonyl (C=O) groups is 4. The topological polar surface area (TPSA) is 432 Å². The van der Waals surface area contributed by atoms with Gasteiger partial charge in [0, 0.05) is 27.2 Å². The van der Waals surface area contributed by atoms with Crippen LogP contribution >= 0.6 is 0 Å². The average Bonchev–Trinajstić information content (AvgIpc) is 3.18. The summed E-state index contributed by atoms with van der Waals surface area (Å²) in [7, 11) is 0. The molecule has 3 amide bonds. The van der Waals surface area contributed by atoms with E-state index in [1.165, 1.54) is 0 Å². The van der Waals surface area contributed by atoms with Crippen LogP contribution in [0.25, 0.3) is 0 Å². The second kappa shape index (κ2) is 21.0. The van der Waals surface area contributed by atoms with Crippen LogP contribution in [0.2, 0.25) is 0 Å². The summed E-state index contributed by atoms with van der Waals surface area (Å²) >= 11 is 0. The number of aliphatic hydroxyl groups is 12. The summed E-state index contributed by atoms with van der Waals surface area (Å²) in [6.45, 7) is -1.10.